The molecule has 1 atom stereocenters. The molecule has 1 aromatic carbocycles. The summed E-state index contributed by atoms with van der Waals surface area (Å²) in [5.74, 6) is 0. The van der Waals surface area contributed by atoms with Gasteiger partial charge in [0.15, 0.2) is 0 Å². The van der Waals surface area contributed by atoms with E-state index in [4.69, 9.17) is 15.6 Å². The van der Waals surface area contributed by atoms with Gasteiger partial charge in [0.25, 0.3) is 0 Å². The summed E-state index contributed by atoms with van der Waals surface area (Å²) in [4.78, 5) is 2.07. The van der Waals surface area contributed by atoms with E-state index in [0.29, 0.717) is 32.0 Å². The average Bonchev–Trinajstić information content (AvgIpc) is 2.44. The van der Waals surface area contributed by atoms with E-state index < -0.39 is 10.0 Å². The van der Waals surface area contributed by atoms with Crippen LogP contribution in [0.2, 0.25) is 0 Å². The number of rotatable bonds is 9. The molecule has 0 radical (unpaired) electrons. The maximum atomic E-state index is 11.7. The fourth-order valence-electron chi connectivity index (χ4n) is 2.14. The lowest BCUT2D eigenvalue weighted by atomic mass is 10.2. The number of nitrogens with two attached hydrogens (primary N) is 2. The first-order valence-corrected chi connectivity index (χ1v) is 8.64. The van der Waals surface area contributed by atoms with Gasteiger partial charge in [-0.1, -0.05) is 19.1 Å². The van der Waals surface area contributed by atoms with Crippen LogP contribution in [-0.4, -0.2) is 40.8 Å². The predicted octanol–water partition coefficient (Wildman–Crippen LogP) is 0.914. The van der Waals surface area contributed by atoms with Crippen LogP contribution in [0.3, 0.4) is 0 Å². The van der Waals surface area contributed by atoms with E-state index in [1.54, 1.807) is 18.2 Å². The Balaban J connectivity index is 3.01. The van der Waals surface area contributed by atoms with Gasteiger partial charge < -0.3 is 15.4 Å². The smallest absolute Gasteiger partial charge is 0.240 e. The first-order chi connectivity index (χ1) is 9.90. The number of hydrogen-bond donors (Lipinski definition) is 2. The van der Waals surface area contributed by atoms with Crippen molar-refractivity contribution >= 4 is 15.7 Å². The highest BCUT2D eigenvalue weighted by molar-refractivity contribution is 7.89. The minimum absolute atomic E-state index is 0.127. The second kappa shape index (κ2) is 8.33. The zero-order valence-electron chi connectivity index (χ0n) is 12.7. The molecule has 21 heavy (non-hydrogen) atoms. The van der Waals surface area contributed by atoms with Crippen molar-refractivity contribution in [3.05, 3.63) is 24.3 Å². The number of sulfonamides is 1. The van der Waals surface area contributed by atoms with Crippen molar-refractivity contribution in [3.8, 4) is 0 Å². The van der Waals surface area contributed by atoms with Crippen LogP contribution in [-0.2, 0) is 14.8 Å². The highest BCUT2D eigenvalue weighted by atomic mass is 32.2. The first kappa shape index (κ1) is 17.9. The lowest BCUT2D eigenvalue weighted by molar-refractivity contribution is 0.134. The van der Waals surface area contributed by atoms with Crippen molar-refractivity contribution in [2.75, 3.05) is 31.2 Å². The van der Waals surface area contributed by atoms with E-state index in [1.807, 2.05) is 18.7 Å². The summed E-state index contributed by atoms with van der Waals surface area (Å²) < 4.78 is 28.7. The van der Waals surface area contributed by atoms with Gasteiger partial charge in [-0.05, 0) is 25.5 Å². The highest BCUT2D eigenvalue weighted by Gasteiger charge is 2.19. The van der Waals surface area contributed by atoms with Gasteiger partial charge in [0, 0.05) is 25.7 Å². The Morgan fingerprint density at radius 2 is 1.95 bits per heavy atom. The summed E-state index contributed by atoms with van der Waals surface area (Å²) in [5.41, 5.74) is 6.63. The van der Waals surface area contributed by atoms with Crippen LogP contribution in [0.15, 0.2) is 29.2 Å². The second-order valence-electron chi connectivity index (χ2n) is 4.88. The zero-order valence-corrected chi connectivity index (χ0v) is 13.5. The van der Waals surface area contributed by atoms with Gasteiger partial charge in [0.05, 0.1) is 12.3 Å². The van der Waals surface area contributed by atoms with Crippen molar-refractivity contribution in [3.63, 3.8) is 0 Å². The molecule has 0 aliphatic carbocycles. The average molecular weight is 315 g/mol. The number of para-hydroxylation sites is 1. The summed E-state index contributed by atoms with van der Waals surface area (Å²) >= 11 is 0. The number of ether oxygens (including phenoxy) is 1. The number of anilines is 1. The van der Waals surface area contributed by atoms with Gasteiger partial charge >= 0.3 is 0 Å². The molecule has 0 saturated heterocycles. The molecule has 4 N–H and O–H groups in total. The molecule has 0 aliphatic heterocycles. The number of hydrogen-bond acceptors (Lipinski definition) is 5. The van der Waals surface area contributed by atoms with Crippen LogP contribution in [0.25, 0.3) is 0 Å². The van der Waals surface area contributed by atoms with Gasteiger partial charge in [-0.2, -0.15) is 0 Å². The van der Waals surface area contributed by atoms with Crippen LogP contribution in [0.1, 0.15) is 20.3 Å². The van der Waals surface area contributed by atoms with Crippen molar-refractivity contribution in [1.29, 1.82) is 0 Å². The third-order valence-electron chi connectivity index (χ3n) is 3.00. The molecular weight excluding hydrogens is 290 g/mol. The van der Waals surface area contributed by atoms with E-state index in [-0.39, 0.29) is 10.9 Å². The quantitative estimate of drug-likeness (QED) is 0.706. The van der Waals surface area contributed by atoms with Gasteiger partial charge in [-0.3, -0.25) is 0 Å². The van der Waals surface area contributed by atoms with Gasteiger partial charge in [0.2, 0.25) is 10.0 Å². The summed E-state index contributed by atoms with van der Waals surface area (Å²) in [6, 6.07) is 6.53. The minimum atomic E-state index is -3.76. The highest BCUT2D eigenvalue weighted by Crippen LogP contribution is 2.24. The summed E-state index contributed by atoms with van der Waals surface area (Å²) in [7, 11) is -3.76. The van der Waals surface area contributed by atoms with E-state index in [2.05, 4.69) is 0 Å². The molecule has 1 unspecified atom stereocenters. The summed E-state index contributed by atoms with van der Waals surface area (Å²) in [5, 5.41) is 5.29. The second-order valence-corrected chi connectivity index (χ2v) is 6.41. The van der Waals surface area contributed by atoms with E-state index in [0.717, 1.165) is 6.42 Å². The van der Waals surface area contributed by atoms with Crippen molar-refractivity contribution in [2.45, 2.75) is 31.2 Å². The largest absolute Gasteiger partial charge is 0.380 e. The molecule has 0 spiro atoms. The molecule has 0 amide bonds. The van der Waals surface area contributed by atoms with Crippen LogP contribution in [0, 0.1) is 0 Å². The number of nitrogens with zero attached hydrogens (tertiary/aromatic N) is 1. The zero-order chi connectivity index (χ0) is 15.9. The molecule has 7 heteroatoms. The molecule has 0 heterocycles. The van der Waals surface area contributed by atoms with Gasteiger partial charge in [-0.15, -0.1) is 0 Å². The molecule has 0 bridgehead atoms. The molecule has 0 aromatic heterocycles. The summed E-state index contributed by atoms with van der Waals surface area (Å²) in [6.07, 6.45) is 0.875. The van der Waals surface area contributed by atoms with E-state index in [1.165, 1.54) is 6.07 Å². The number of benzene rings is 1. The SMILES string of the molecule is CCCN(CC(N)COCC)c1ccccc1S(N)(=O)=O. The normalized spacial score (nSPS) is 13.1. The molecule has 0 saturated carbocycles. The number of primary sulfonamides is 1. The standard InChI is InChI=1S/C14H25N3O3S/c1-3-9-17(10-12(15)11-20-4-2)13-7-5-6-8-14(13)21(16,18)19/h5-8,12H,3-4,9-11,15H2,1-2H3,(H2,16,18,19). The van der Waals surface area contributed by atoms with Gasteiger partial charge in [0.1, 0.15) is 4.90 Å². The fourth-order valence-corrected chi connectivity index (χ4v) is 2.90. The Morgan fingerprint density at radius 3 is 2.52 bits per heavy atom. The van der Waals surface area contributed by atoms with E-state index in [9.17, 15) is 8.42 Å². The Kier molecular flexibility index (Phi) is 7.10. The third kappa shape index (κ3) is 5.62. The first-order valence-electron chi connectivity index (χ1n) is 7.10. The lowest BCUT2D eigenvalue weighted by Crippen LogP contribution is -2.41. The summed E-state index contributed by atoms with van der Waals surface area (Å²) in [6.45, 7) is 6.20. The lowest BCUT2D eigenvalue weighted by Gasteiger charge is -2.28. The third-order valence-corrected chi connectivity index (χ3v) is 3.96. The molecule has 6 nitrogen and oxygen atoms in total. The molecule has 0 aliphatic rings. The van der Waals surface area contributed by atoms with Gasteiger partial charge in [-0.25, -0.2) is 13.6 Å². The molecule has 1 aromatic rings. The van der Waals surface area contributed by atoms with Crippen molar-refractivity contribution in [2.24, 2.45) is 10.9 Å². The van der Waals surface area contributed by atoms with Crippen LogP contribution in [0.5, 0.6) is 0 Å². The van der Waals surface area contributed by atoms with Crippen molar-refractivity contribution < 1.29 is 13.2 Å². The fraction of sp³-hybridized carbons (Fsp3) is 0.571. The molecule has 120 valence electrons. The van der Waals surface area contributed by atoms with Crippen molar-refractivity contribution in [1.82, 2.24) is 0 Å². The maximum Gasteiger partial charge on any atom is 0.240 e. The minimum Gasteiger partial charge on any atom is -0.380 e. The Labute approximate surface area is 127 Å². The van der Waals surface area contributed by atoms with Crippen LogP contribution < -0.4 is 15.8 Å². The Bertz CT molecular complexity index is 534. The molecular formula is C14H25N3O3S. The topological polar surface area (TPSA) is 98.6 Å². The Hall–Kier alpha value is -1.15. The maximum absolute atomic E-state index is 11.7. The van der Waals surface area contributed by atoms with Crippen LogP contribution >= 0.6 is 0 Å². The Morgan fingerprint density at radius 1 is 1.29 bits per heavy atom. The molecule has 1 rings (SSSR count). The van der Waals surface area contributed by atoms with Crippen LogP contribution in [0.4, 0.5) is 5.69 Å². The molecule has 0 fully saturated rings. The van der Waals surface area contributed by atoms with E-state index >= 15 is 0 Å². The predicted molar refractivity (Wildman–Crippen MR) is 84.8 cm³/mol. The monoisotopic (exact) mass is 315 g/mol.